The maximum atomic E-state index is 9.50. The smallest absolute Gasteiger partial charge is 0.164 e. The lowest BCUT2D eigenvalue weighted by Gasteiger charge is -2.19. The summed E-state index contributed by atoms with van der Waals surface area (Å²) in [6.45, 7) is 0.486. The molecule has 1 N–H and O–H groups in total. The van der Waals surface area contributed by atoms with Gasteiger partial charge in [0, 0.05) is 42.5 Å². The van der Waals surface area contributed by atoms with Crippen LogP contribution in [-0.2, 0) is 0 Å². The molecule has 4 aromatic rings. The van der Waals surface area contributed by atoms with Crippen molar-refractivity contribution in [3.63, 3.8) is 0 Å². The molecule has 4 rings (SSSR count). The Kier molecular flexibility index (Phi) is 5.78. The van der Waals surface area contributed by atoms with Crippen LogP contribution in [0.15, 0.2) is 48.1 Å². The van der Waals surface area contributed by atoms with Gasteiger partial charge >= 0.3 is 0 Å². The number of rotatable bonds is 7. The third-order valence-electron chi connectivity index (χ3n) is 4.83. The van der Waals surface area contributed by atoms with E-state index in [4.69, 9.17) is 19.4 Å². The number of benzene rings is 1. The molecule has 0 radical (unpaired) electrons. The highest BCUT2D eigenvalue weighted by atomic mass is 32.1. The van der Waals surface area contributed by atoms with Gasteiger partial charge in [0.2, 0.25) is 0 Å². The van der Waals surface area contributed by atoms with Crippen molar-refractivity contribution in [3.8, 4) is 34.0 Å². The van der Waals surface area contributed by atoms with Crippen LogP contribution in [0.25, 0.3) is 32.7 Å². The molecule has 8 heteroatoms. The molecule has 0 aliphatic heterocycles. The first-order valence-corrected chi connectivity index (χ1v) is 10.3. The van der Waals surface area contributed by atoms with E-state index in [1.54, 1.807) is 38.0 Å². The van der Waals surface area contributed by atoms with Crippen LogP contribution in [0.2, 0.25) is 0 Å². The fourth-order valence-electron chi connectivity index (χ4n) is 3.30. The first-order valence-electron chi connectivity index (χ1n) is 9.40. The van der Waals surface area contributed by atoms with E-state index in [-0.39, 0.29) is 6.61 Å². The van der Waals surface area contributed by atoms with E-state index in [9.17, 15) is 5.11 Å². The molecule has 0 saturated heterocycles. The van der Waals surface area contributed by atoms with E-state index in [0.29, 0.717) is 23.9 Å². The Morgan fingerprint density at radius 1 is 1.07 bits per heavy atom. The number of likely N-dealkylation sites (N-methyl/N-ethyl adjacent to an activating group) is 1. The van der Waals surface area contributed by atoms with E-state index in [1.807, 2.05) is 42.3 Å². The maximum Gasteiger partial charge on any atom is 0.164 e. The summed E-state index contributed by atoms with van der Waals surface area (Å²) in [6.07, 6.45) is 3.47. The van der Waals surface area contributed by atoms with Gasteiger partial charge in [0.15, 0.2) is 17.3 Å². The minimum absolute atomic E-state index is 0.0278. The number of anilines is 1. The van der Waals surface area contributed by atoms with Gasteiger partial charge in [0.1, 0.15) is 10.6 Å². The molecule has 0 aliphatic carbocycles. The Morgan fingerprint density at radius 3 is 2.60 bits per heavy atom. The van der Waals surface area contributed by atoms with Crippen molar-refractivity contribution in [1.29, 1.82) is 0 Å². The fraction of sp³-hybridized carbons (Fsp3) is 0.227. The first-order chi connectivity index (χ1) is 14.7. The number of hydrogen-bond donors (Lipinski definition) is 1. The topological polar surface area (TPSA) is 80.6 Å². The molecule has 0 unspecified atom stereocenters. The third kappa shape index (κ3) is 3.67. The van der Waals surface area contributed by atoms with Crippen LogP contribution in [0.1, 0.15) is 0 Å². The minimum atomic E-state index is 0.0278. The number of thiophene rings is 1. The lowest BCUT2D eigenvalue weighted by Crippen LogP contribution is -2.22. The van der Waals surface area contributed by atoms with Crippen LogP contribution >= 0.6 is 11.3 Å². The number of hydrogen-bond acceptors (Lipinski definition) is 8. The van der Waals surface area contributed by atoms with Gasteiger partial charge < -0.3 is 19.5 Å². The summed E-state index contributed by atoms with van der Waals surface area (Å²) in [4.78, 5) is 16.6. The van der Waals surface area contributed by atoms with E-state index < -0.39 is 0 Å². The van der Waals surface area contributed by atoms with Crippen molar-refractivity contribution in [3.05, 3.63) is 48.1 Å². The lowest BCUT2D eigenvalue weighted by atomic mass is 10.0. The standard InChI is InChI=1S/C22H22N4O3S/c1-26(9-10-27)21-19-16(14-6-7-17(28-2)18(11-14)29-3)13-30-22(19)25-20(24-21)15-5-4-8-23-12-15/h4-8,11-13,27H,9-10H2,1-3H3. The summed E-state index contributed by atoms with van der Waals surface area (Å²) >= 11 is 1.56. The highest BCUT2D eigenvalue weighted by Gasteiger charge is 2.19. The Labute approximate surface area is 178 Å². The van der Waals surface area contributed by atoms with Gasteiger partial charge in [-0.2, -0.15) is 0 Å². The third-order valence-corrected chi connectivity index (χ3v) is 5.70. The van der Waals surface area contributed by atoms with Crippen molar-refractivity contribution in [2.75, 3.05) is 39.3 Å². The van der Waals surface area contributed by atoms with E-state index in [0.717, 1.165) is 32.7 Å². The van der Waals surface area contributed by atoms with E-state index in [2.05, 4.69) is 10.4 Å². The van der Waals surface area contributed by atoms with E-state index >= 15 is 0 Å². The summed E-state index contributed by atoms with van der Waals surface area (Å²) in [5.41, 5.74) is 2.84. The molecule has 0 bridgehead atoms. The van der Waals surface area contributed by atoms with Gasteiger partial charge in [-0.15, -0.1) is 11.3 Å². The predicted molar refractivity (Wildman–Crippen MR) is 120 cm³/mol. The quantitative estimate of drug-likeness (QED) is 0.484. The summed E-state index contributed by atoms with van der Waals surface area (Å²) < 4.78 is 10.8. The van der Waals surface area contributed by atoms with Crippen LogP contribution < -0.4 is 14.4 Å². The summed E-state index contributed by atoms with van der Waals surface area (Å²) in [6, 6.07) is 9.63. The first kappa shape index (κ1) is 20.1. The Balaban J connectivity index is 1.93. The summed E-state index contributed by atoms with van der Waals surface area (Å²) in [5.74, 6) is 2.70. The molecular formula is C22H22N4O3S. The van der Waals surface area contributed by atoms with Gasteiger partial charge in [-0.1, -0.05) is 6.07 Å². The lowest BCUT2D eigenvalue weighted by molar-refractivity contribution is 0.304. The number of aliphatic hydroxyl groups is 1. The molecule has 0 fully saturated rings. The number of fused-ring (bicyclic) bond motifs is 1. The van der Waals surface area contributed by atoms with Crippen LogP contribution in [0.4, 0.5) is 5.82 Å². The largest absolute Gasteiger partial charge is 0.493 e. The zero-order chi connectivity index (χ0) is 21.1. The van der Waals surface area contributed by atoms with E-state index in [1.165, 1.54) is 0 Å². The van der Waals surface area contributed by atoms with Gasteiger partial charge in [-0.05, 0) is 29.8 Å². The second-order valence-electron chi connectivity index (χ2n) is 6.66. The van der Waals surface area contributed by atoms with Crippen LogP contribution in [-0.4, -0.2) is 54.5 Å². The van der Waals surface area contributed by atoms with Crippen LogP contribution in [0.5, 0.6) is 11.5 Å². The average Bonchev–Trinajstić information content (AvgIpc) is 3.22. The fourth-order valence-corrected chi connectivity index (χ4v) is 4.24. The highest BCUT2D eigenvalue weighted by molar-refractivity contribution is 7.17. The number of aliphatic hydroxyl groups excluding tert-OH is 1. The SMILES string of the molecule is COc1ccc(-c2csc3nc(-c4cccnc4)nc(N(C)CCO)c23)cc1OC. The van der Waals surface area contributed by atoms with Crippen LogP contribution in [0.3, 0.4) is 0 Å². The zero-order valence-corrected chi connectivity index (χ0v) is 17.8. The molecule has 3 aromatic heterocycles. The second kappa shape index (κ2) is 8.64. The van der Waals surface area contributed by atoms with Gasteiger partial charge in [-0.25, -0.2) is 9.97 Å². The summed E-state index contributed by atoms with van der Waals surface area (Å²) in [5, 5.41) is 12.5. The number of methoxy groups -OCH3 is 2. The van der Waals surface area contributed by atoms with Gasteiger partial charge in [-0.3, -0.25) is 4.98 Å². The Hall–Kier alpha value is -3.23. The zero-order valence-electron chi connectivity index (χ0n) is 17.0. The van der Waals surface area contributed by atoms with Crippen molar-refractivity contribution in [2.24, 2.45) is 0 Å². The molecular weight excluding hydrogens is 400 g/mol. The minimum Gasteiger partial charge on any atom is -0.493 e. The van der Waals surface area contributed by atoms with Crippen molar-refractivity contribution >= 4 is 27.4 Å². The van der Waals surface area contributed by atoms with Gasteiger partial charge in [0.05, 0.1) is 26.2 Å². The maximum absolute atomic E-state index is 9.50. The number of ether oxygens (including phenoxy) is 2. The molecule has 1 aromatic carbocycles. The van der Waals surface area contributed by atoms with Crippen molar-refractivity contribution in [1.82, 2.24) is 15.0 Å². The number of aromatic nitrogens is 3. The molecule has 0 spiro atoms. The predicted octanol–water partition coefficient (Wildman–Crippen LogP) is 3.87. The molecule has 30 heavy (non-hydrogen) atoms. The second-order valence-corrected chi connectivity index (χ2v) is 7.52. The van der Waals surface area contributed by atoms with Gasteiger partial charge in [0.25, 0.3) is 0 Å². The van der Waals surface area contributed by atoms with Crippen molar-refractivity contribution in [2.45, 2.75) is 0 Å². The molecule has 3 heterocycles. The molecule has 154 valence electrons. The molecule has 0 aliphatic rings. The summed E-state index contributed by atoms with van der Waals surface area (Å²) in [7, 11) is 5.16. The molecule has 0 atom stereocenters. The molecule has 0 saturated carbocycles. The Morgan fingerprint density at radius 2 is 1.90 bits per heavy atom. The van der Waals surface area contributed by atoms with Crippen molar-refractivity contribution < 1.29 is 14.6 Å². The monoisotopic (exact) mass is 422 g/mol. The molecule has 7 nitrogen and oxygen atoms in total. The average molecular weight is 423 g/mol. The number of nitrogens with zero attached hydrogens (tertiary/aromatic N) is 4. The molecule has 0 amide bonds. The Bertz CT molecular complexity index is 1160. The van der Waals surface area contributed by atoms with Crippen LogP contribution in [0, 0.1) is 0 Å². The number of pyridine rings is 1. The highest BCUT2D eigenvalue weighted by Crippen LogP contribution is 2.41. The normalized spacial score (nSPS) is 10.9.